The van der Waals surface area contributed by atoms with Crippen LogP contribution in [0.5, 0.6) is 5.75 Å². The molecule has 6 heteroatoms. The maximum Gasteiger partial charge on any atom is 0.295 e. The molecule has 1 aliphatic rings. The Morgan fingerprint density at radius 3 is 2.36 bits per heavy atom. The summed E-state index contributed by atoms with van der Waals surface area (Å²) in [5, 5.41) is 11.4. The second kappa shape index (κ2) is 11.1. The number of aliphatic hydroxyl groups is 1. The van der Waals surface area contributed by atoms with Crippen molar-refractivity contribution in [1.82, 2.24) is 9.80 Å². The molecule has 1 saturated heterocycles. The van der Waals surface area contributed by atoms with Crippen LogP contribution in [0.3, 0.4) is 0 Å². The first kappa shape index (κ1) is 27.2. The van der Waals surface area contributed by atoms with E-state index in [2.05, 4.69) is 27.4 Å². The fourth-order valence-corrected chi connectivity index (χ4v) is 4.47. The predicted molar refractivity (Wildman–Crippen MR) is 144 cm³/mol. The third-order valence-corrected chi connectivity index (χ3v) is 6.46. The average molecular weight is 491 g/mol. The minimum absolute atomic E-state index is 0.0292. The molecule has 0 spiro atoms. The van der Waals surface area contributed by atoms with Crippen LogP contribution in [0.4, 0.5) is 0 Å². The van der Waals surface area contributed by atoms with Gasteiger partial charge in [-0.1, -0.05) is 57.7 Å². The largest absolute Gasteiger partial charge is 0.507 e. The summed E-state index contributed by atoms with van der Waals surface area (Å²) in [5.74, 6) is -0.763. The number of ketones is 1. The molecule has 0 saturated carbocycles. The number of aryl methyl sites for hydroxylation is 1. The van der Waals surface area contributed by atoms with Crippen LogP contribution in [0, 0.1) is 6.92 Å². The van der Waals surface area contributed by atoms with Gasteiger partial charge < -0.3 is 19.6 Å². The quantitative estimate of drug-likeness (QED) is 0.226. The molecule has 36 heavy (non-hydrogen) atoms. The molecule has 2 aromatic rings. The highest BCUT2D eigenvalue weighted by Gasteiger charge is 2.46. The summed E-state index contributed by atoms with van der Waals surface area (Å²) in [6.45, 7) is 13.5. The number of carbonyl (C=O) groups is 2. The van der Waals surface area contributed by atoms with Crippen molar-refractivity contribution < 1.29 is 19.4 Å². The number of nitrogens with zero attached hydrogens (tertiary/aromatic N) is 2. The number of hydrogen-bond donors (Lipinski definition) is 1. The number of rotatable bonds is 9. The molecule has 1 unspecified atom stereocenters. The third kappa shape index (κ3) is 5.88. The lowest BCUT2D eigenvalue weighted by Gasteiger charge is -2.27. The van der Waals surface area contributed by atoms with Gasteiger partial charge in [-0.25, -0.2) is 0 Å². The van der Waals surface area contributed by atoms with Gasteiger partial charge in [0.2, 0.25) is 0 Å². The fraction of sp³-hybridized carbons (Fsp3) is 0.400. The zero-order chi connectivity index (χ0) is 26.6. The van der Waals surface area contributed by atoms with Crippen LogP contribution in [0.1, 0.15) is 55.5 Å². The molecular weight excluding hydrogens is 452 g/mol. The van der Waals surface area contributed by atoms with Crippen molar-refractivity contribution in [2.75, 3.05) is 33.8 Å². The van der Waals surface area contributed by atoms with Crippen LogP contribution >= 0.6 is 0 Å². The van der Waals surface area contributed by atoms with Crippen LogP contribution in [-0.2, 0) is 15.0 Å². The Bertz CT molecular complexity index is 1160. The van der Waals surface area contributed by atoms with Gasteiger partial charge in [0, 0.05) is 12.1 Å². The molecule has 0 bridgehead atoms. The lowest BCUT2D eigenvalue weighted by molar-refractivity contribution is -0.139. The fourth-order valence-electron chi connectivity index (χ4n) is 4.47. The predicted octanol–water partition coefficient (Wildman–Crippen LogP) is 5.23. The van der Waals surface area contributed by atoms with Gasteiger partial charge in [0.05, 0.1) is 11.6 Å². The Morgan fingerprint density at radius 1 is 1.14 bits per heavy atom. The minimum atomic E-state index is -0.659. The molecule has 3 rings (SSSR count). The maximum atomic E-state index is 13.3. The number of aliphatic hydroxyl groups excluding tert-OH is 1. The number of Topliss-reactive ketones (excluding diaryl/α,β-unsaturated/α-hetero) is 1. The molecule has 192 valence electrons. The second-order valence-corrected chi connectivity index (χ2v) is 10.6. The van der Waals surface area contributed by atoms with E-state index >= 15 is 0 Å². The minimum Gasteiger partial charge on any atom is -0.507 e. The topological polar surface area (TPSA) is 70.1 Å². The first-order valence-corrected chi connectivity index (χ1v) is 12.3. The first-order valence-electron chi connectivity index (χ1n) is 12.3. The number of benzene rings is 2. The molecule has 1 heterocycles. The Balaban J connectivity index is 2.10. The van der Waals surface area contributed by atoms with Gasteiger partial charge in [-0.05, 0) is 74.3 Å². The number of likely N-dealkylation sites (tertiary alicyclic amines) is 1. The van der Waals surface area contributed by atoms with E-state index in [-0.39, 0.29) is 16.7 Å². The summed E-state index contributed by atoms with van der Waals surface area (Å²) in [6, 6.07) is 12.6. The molecule has 0 aromatic heterocycles. The number of amides is 1. The number of hydrogen-bond acceptors (Lipinski definition) is 5. The SMILES string of the molecule is C=CCOc1ccc(/C(O)=C2\C(=O)C(=O)N(CCCN(C)C)C2c2ccc(C(C)(C)C)cc2)c(C)c1. The van der Waals surface area contributed by atoms with E-state index in [0.29, 0.717) is 30.9 Å². The zero-order valence-electron chi connectivity index (χ0n) is 22.3. The molecule has 1 fully saturated rings. The second-order valence-electron chi connectivity index (χ2n) is 10.6. The number of carbonyl (C=O) groups excluding carboxylic acids is 2. The van der Waals surface area contributed by atoms with Crippen molar-refractivity contribution >= 4 is 17.4 Å². The molecule has 1 N–H and O–H groups in total. The van der Waals surface area contributed by atoms with Gasteiger partial charge in [0.15, 0.2) is 0 Å². The molecule has 6 nitrogen and oxygen atoms in total. The Labute approximate surface area is 214 Å². The van der Waals surface area contributed by atoms with E-state index in [0.717, 1.165) is 23.2 Å². The van der Waals surface area contributed by atoms with Gasteiger partial charge in [-0.3, -0.25) is 9.59 Å². The van der Waals surface area contributed by atoms with Gasteiger partial charge in [-0.15, -0.1) is 0 Å². The van der Waals surface area contributed by atoms with Crippen molar-refractivity contribution in [2.24, 2.45) is 0 Å². The van der Waals surface area contributed by atoms with E-state index < -0.39 is 17.7 Å². The van der Waals surface area contributed by atoms with Gasteiger partial charge >= 0.3 is 0 Å². The van der Waals surface area contributed by atoms with E-state index in [1.165, 1.54) is 0 Å². The van der Waals surface area contributed by atoms with E-state index in [9.17, 15) is 14.7 Å². The smallest absolute Gasteiger partial charge is 0.295 e. The van der Waals surface area contributed by atoms with Crippen LogP contribution in [0.15, 0.2) is 60.7 Å². The van der Waals surface area contributed by atoms with Crippen LogP contribution < -0.4 is 4.74 Å². The van der Waals surface area contributed by atoms with Crippen LogP contribution in [0.25, 0.3) is 5.76 Å². The van der Waals surface area contributed by atoms with Gasteiger partial charge in [0.25, 0.3) is 11.7 Å². The highest BCUT2D eigenvalue weighted by molar-refractivity contribution is 6.46. The van der Waals surface area contributed by atoms with Crippen LogP contribution in [0.2, 0.25) is 0 Å². The van der Waals surface area contributed by atoms with Gasteiger partial charge in [-0.2, -0.15) is 0 Å². The lowest BCUT2D eigenvalue weighted by Crippen LogP contribution is -2.32. The number of ether oxygens (including phenoxy) is 1. The molecular formula is C30H38N2O4. The monoisotopic (exact) mass is 490 g/mol. The molecule has 0 radical (unpaired) electrons. The van der Waals surface area contributed by atoms with E-state index in [1.807, 2.05) is 50.2 Å². The van der Waals surface area contributed by atoms with Crippen molar-refractivity contribution in [1.29, 1.82) is 0 Å². The molecule has 1 atom stereocenters. The molecule has 1 aliphatic heterocycles. The van der Waals surface area contributed by atoms with Crippen molar-refractivity contribution in [3.8, 4) is 5.75 Å². The standard InChI is InChI=1S/C30H38N2O4/c1-8-18-36-23-14-15-24(20(2)19-23)27(33)25-26(21-10-12-22(13-11-21)30(3,4)5)32(29(35)28(25)34)17-9-16-31(6)7/h8,10-15,19,26,33H,1,9,16-18H2,2-7H3/b27-25+. The zero-order valence-corrected chi connectivity index (χ0v) is 22.3. The summed E-state index contributed by atoms with van der Waals surface area (Å²) in [6.07, 6.45) is 2.37. The summed E-state index contributed by atoms with van der Waals surface area (Å²) < 4.78 is 5.60. The van der Waals surface area contributed by atoms with E-state index in [4.69, 9.17) is 4.74 Å². The van der Waals surface area contributed by atoms with E-state index in [1.54, 1.807) is 29.2 Å². The highest BCUT2D eigenvalue weighted by Crippen LogP contribution is 2.40. The van der Waals surface area contributed by atoms with Crippen molar-refractivity contribution in [3.63, 3.8) is 0 Å². The Morgan fingerprint density at radius 2 is 1.81 bits per heavy atom. The van der Waals surface area contributed by atoms with Crippen molar-refractivity contribution in [2.45, 2.75) is 45.6 Å². The van der Waals surface area contributed by atoms with Crippen LogP contribution in [-0.4, -0.2) is 60.4 Å². The summed E-state index contributed by atoms with van der Waals surface area (Å²) in [7, 11) is 3.95. The maximum absolute atomic E-state index is 13.3. The molecule has 2 aromatic carbocycles. The normalized spacial score (nSPS) is 17.6. The Kier molecular flexibility index (Phi) is 8.41. The molecule has 1 amide bonds. The lowest BCUT2D eigenvalue weighted by atomic mass is 9.85. The van der Waals surface area contributed by atoms with Gasteiger partial charge in [0.1, 0.15) is 18.1 Å². The summed E-state index contributed by atoms with van der Waals surface area (Å²) >= 11 is 0. The average Bonchev–Trinajstić information content (AvgIpc) is 3.06. The Hall–Kier alpha value is -3.38. The third-order valence-electron chi connectivity index (χ3n) is 6.46. The summed E-state index contributed by atoms with van der Waals surface area (Å²) in [5.41, 5.74) is 3.30. The molecule has 0 aliphatic carbocycles. The first-order chi connectivity index (χ1) is 17.0. The highest BCUT2D eigenvalue weighted by atomic mass is 16.5. The van der Waals surface area contributed by atoms with Crippen molar-refractivity contribution in [3.05, 3.63) is 82.9 Å². The summed E-state index contributed by atoms with van der Waals surface area (Å²) in [4.78, 5) is 30.1.